The third-order valence-corrected chi connectivity index (χ3v) is 3.52. The molecule has 6 nitrogen and oxygen atoms in total. The number of aromatic nitrogens is 2. The first-order chi connectivity index (χ1) is 10.4. The molecule has 0 atom stereocenters. The molecule has 114 valence electrons. The summed E-state index contributed by atoms with van der Waals surface area (Å²) in [7, 11) is 0. The maximum atomic E-state index is 11.7. The van der Waals surface area contributed by atoms with Crippen LogP contribution >= 0.6 is 0 Å². The molecule has 1 saturated heterocycles. The molecule has 1 fully saturated rings. The van der Waals surface area contributed by atoms with Crippen LogP contribution in [0, 0.1) is 0 Å². The molecule has 1 aromatic carbocycles. The largest absolute Gasteiger partial charge is 0.334 e. The standard InChI is InChI=1S/C16H17N3O3/c1-16(2,3)15-17-14(22-18-15)10-4-6-11(7-5-10)19-12(20)8-9-13(19)21/h4-7H,8-9H2,1-3H3. The smallest absolute Gasteiger partial charge is 0.257 e. The molecule has 22 heavy (non-hydrogen) atoms. The second-order valence-corrected chi connectivity index (χ2v) is 6.34. The summed E-state index contributed by atoms with van der Waals surface area (Å²) in [5.41, 5.74) is 1.15. The predicted octanol–water partition coefficient (Wildman–Crippen LogP) is 2.69. The van der Waals surface area contributed by atoms with Gasteiger partial charge in [-0.1, -0.05) is 25.9 Å². The van der Waals surface area contributed by atoms with E-state index in [0.29, 0.717) is 17.4 Å². The van der Waals surface area contributed by atoms with E-state index >= 15 is 0 Å². The molecule has 0 saturated carbocycles. The van der Waals surface area contributed by atoms with E-state index in [9.17, 15) is 9.59 Å². The van der Waals surface area contributed by atoms with E-state index < -0.39 is 0 Å². The van der Waals surface area contributed by atoms with Gasteiger partial charge in [-0.2, -0.15) is 4.98 Å². The monoisotopic (exact) mass is 299 g/mol. The summed E-state index contributed by atoms with van der Waals surface area (Å²) >= 11 is 0. The first kappa shape index (κ1) is 14.4. The van der Waals surface area contributed by atoms with Gasteiger partial charge in [0.15, 0.2) is 5.82 Å². The molecular weight excluding hydrogens is 282 g/mol. The van der Waals surface area contributed by atoms with E-state index in [1.54, 1.807) is 24.3 Å². The van der Waals surface area contributed by atoms with Crippen molar-refractivity contribution in [2.75, 3.05) is 4.90 Å². The van der Waals surface area contributed by atoms with Crippen molar-refractivity contribution >= 4 is 17.5 Å². The highest BCUT2D eigenvalue weighted by atomic mass is 16.5. The minimum absolute atomic E-state index is 0.162. The zero-order valence-electron chi connectivity index (χ0n) is 12.8. The van der Waals surface area contributed by atoms with Gasteiger partial charge in [0, 0.05) is 23.8 Å². The maximum absolute atomic E-state index is 11.7. The van der Waals surface area contributed by atoms with Crippen LogP contribution in [0.3, 0.4) is 0 Å². The van der Waals surface area contributed by atoms with E-state index in [1.807, 2.05) is 20.8 Å². The summed E-state index contributed by atoms with van der Waals surface area (Å²) in [6.45, 7) is 6.03. The van der Waals surface area contributed by atoms with Crippen LogP contribution in [0.4, 0.5) is 5.69 Å². The van der Waals surface area contributed by atoms with E-state index in [1.165, 1.54) is 4.90 Å². The molecule has 0 unspecified atom stereocenters. The van der Waals surface area contributed by atoms with Gasteiger partial charge in [0.1, 0.15) is 0 Å². The van der Waals surface area contributed by atoms with Crippen molar-refractivity contribution in [2.45, 2.75) is 39.0 Å². The molecule has 0 N–H and O–H groups in total. The number of benzene rings is 1. The van der Waals surface area contributed by atoms with Crippen molar-refractivity contribution in [1.29, 1.82) is 0 Å². The SMILES string of the molecule is CC(C)(C)c1noc(-c2ccc(N3C(=O)CCC3=O)cc2)n1. The maximum Gasteiger partial charge on any atom is 0.257 e. The van der Waals surface area contributed by atoms with Gasteiger partial charge in [-0.3, -0.25) is 14.5 Å². The number of carbonyl (C=O) groups is 2. The first-order valence-electron chi connectivity index (χ1n) is 7.17. The summed E-state index contributed by atoms with van der Waals surface area (Å²) in [5, 5.41) is 3.98. The van der Waals surface area contributed by atoms with Crippen LogP contribution in [0.15, 0.2) is 28.8 Å². The number of nitrogens with zero attached hydrogens (tertiary/aromatic N) is 3. The van der Waals surface area contributed by atoms with Crippen LogP contribution in [0.25, 0.3) is 11.5 Å². The first-order valence-corrected chi connectivity index (χ1v) is 7.17. The fourth-order valence-electron chi connectivity index (χ4n) is 2.26. The van der Waals surface area contributed by atoms with Gasteiger partial charge in [-0.05, 0) is 24.3 Å². The Morgan fingerprint density at radius 1 is 1.05 bits per heavy atom. The van der Waals surface area contributed by atoms with Gasteiger partial charge in [0.05, 0.1) is 5.69 Å². The third-order valence-electron chi connectivity index (χ3n) is 3.52. The Kier molecular flexibility index (Phi) is 3.31. The Hall–Kier alpha value is -2.50. The van der Waals surface area contributed by atoms with Gasteiger partial charge < -0.3 is 4.52 Å². The van der Waals surface area contributed by atoms with Gasteiger partial charge in [-0.15, -0.1) is 0 Å². The van der Waals surface area contributed by atoms with Crippen LogP contribution in [0.5, 0.6) is 0 Å². The average Bonchev–Trinajstić information content (AvgIpc) is 3.06. The van der Waals surface area contributed by atoms with Crippen LogP contribution in [-0.2, 0) is 15.0 Å². The van der Waals surface area contributed by atoms with Gasteiger partial charge in [0.25, 0.3) is 5.89 Å². The summed E-state index contributed by atoms with van der Waals surface area (Å²) in [6.07, 6.45) is 0.554. The van der Waals surface area contributed by atoms with Crippen molar-refractivity contribution in [3.63, 3.8) is 0 Å². The number of hydrogen-bond acceptors (Lipinski definition) is 5. The van der Waals surface area contributed by atoms with Crippen LogP contribution < -0.4 is 4.90 Å². The zero-order chi connectivity index (χ0) is 15.9. The minimum atomic E-state index is -0.184. The zero-order valence-corrected chi connectivity index (χ0v) is 12.8. The molecule has 0 radical (unpaired) electrons. The molecule has 1 aliphatic heterocycles. The van der Waals surface area contributed by atoms with Crippen molar-refractivity contribution in [3.8, 4) is 11.5 Å². The molecule has 0 spiro atoms. The quantitative estimate of drug-likeness (QED) is 0.797. The number of imide groups is 1. The number of amides is 2. The fourth-order valence-corrected chi connectivity index (χ4v) is 2.26. The highest BCUT2D eigenvalue weighted by molar-refractivity contribution is 6.19. The minimum Gasteiger partial charge on any atom is -0.334 e. The molecule has 1 aliphatic rings. The van der Waals surface area contributed by atoms with Crippen molar-refractivity contribution < 1.29 is 14.1 Å². The topological polar surface area (TPSA) is 76.3 Å². The Morgan fingerprint density at radius 2 is 1.64 bits per heavy atom. The molecule has 0 bridgehead atoms. The Bertz CT molecular complexity index is 710. The molecule has 6 heteroatoms. The third kappa shape index (κ3) is 2.52. The predicted molar refractivity (Wildman–Crippen MR) is 80.2 cm³/mol. The lowest BCUT2D eigenvalue weighted by atomic mass is 9.96. The highest BCUT2D eigenvalue weighted by Crippen LogP contribution is 2.27. The number of rotatable bonds is 2. The highest BCUT2D eigenvalue weighted by Gasteiger charge is 2.30. The number of anilines is 1. The lowest BCUT2D eigenvalue weighted by Gasteiger charge is -2.13. The second kappa shape index (κ2) is 5.05. The number of hydrogen-bond donors (Lipinski definition) is 0. The molecule has 2 amide bonds. The molecular formula is C16H17N3O3. The van der Waals surface area contributed by atoms with Crippen molar-refractivity contribution in [1.82, 2.24) is 10.1 Å². The van der Waals surface area contributed by atoms with E-state index in [-0.39, 0.29) is 30.1 Å². The van der Waals surface area contributed by atoms with Crippen LogP contribution in [0.2, 0.25) is 0 Å². The second-order valence-electron chi connectivity index (χ2n) is 6.34. The van der Waals surface area contributed by atoms with Crippen LogP contribution in [-0.4, -0.2) is 22.0 Å². The number of carbonyl (C=O) groups excluding carboxylic acids is 2. The Morgan fingerprint density at radius 3 is 2.14 bits per heavy atom. The van der Waals surface area contributed by atoms with Crippen molar-refractivity contribution in [3.05, 3.63) is 30.1 Å². The summed E-state index contributed by atoms with van der Waals surface area (Å²) in [5.74, 6) is 0.739. The van der Waals surface area contributed by atoms with Gasteiger partial charge in [-0.25, -0.2) is 0 Å². The molecule has 1 aromatic heterocycles. The lowest BCUT2D eigenvalue weighted by Crippen LogP contribution is -2.28. The van der Waals surface area contributed by atoms with E-state index in [0.717, 1.165) is 5.56 Å². The average molecular weight is 299 g/mol. The lowest BCUT2D eigenvalue weighted by molar-refractivity contribution is -0.121. The fraction of sp³-hybridized carbons (Fsp3) is 0.375. The molecule has 0 aliphatic carbocycles. The van der Waals surface area contributed by atoms with Crippen LogP contribution in [0.1, 0.15) is 39.4 Å². The summed E-state index contributed by atoms with van der Waals surface area (Å²) in [6, 6.07) is 6.98. The Labute approximate surface area is 128 Å². The Balaban J connectivity index is 1.87. The molecule has 2 aromatic rings. The summed E-state index contributed by atoms with van der Waals surface area (Å²) < 4.78 is 5.28. The molecule has 3 rings (SSSR count). The van der Waals surface area contributed by atoms with Crippen molar-refractivity contribution in [2.24, 2.45) is 0 Å². The normalized spacial score (nSPS) is 15.7. The molecule has 2 heterocycles. The summed E-state index contributed by atoms with van der Waals surface area (Å²) in [4.78, 5) is 29.0. The van der Waals surface area contributed by atoms with E-state index in [2.05, 4.69) is 10.1 Å². The van der Waals surface area contributed by atoms with E-state index in [4.69, 9.17) is 4.52 Å². The van der Waals surface area contributed by atoms with Gasteiger partial charge >= 0.3 is 0 Å². The van der Waals surface area contributed by atoms with Gasteiger partial charge in [0.2, 0.25) is 11.8 Å².